The van der Waals surface area contributed by atoms with Crippen LogP contribution in [0.15, 0.2) is 57.9 Å². The summed E-state index contributed by atoms with van der Waals surface area (Å²) < 4.78 is 28.3. The van der Waals surface area contributed by atoms with E-state index in [-0.39, 0.29) is 0 Å². The average molecular weight is 448 g/mol. The Kier molecular flexibility index (Phi) is 7.52. The Morgan fingerprint density at radius 1 is 1.13 bits per heavy atom. The summed E-state index contributed by atoms with van der Waals surface area (Å²) in [7, 11) is -0.313. The molecule has 0 aliphatic rings. The lowest BCUT2D eigenvalue weighted by molar-refractivity contribution is 0.523. The molecule has 2 heterocycles. The molecule has 3 aromatic rings. The third kappa shape index (κ3) is 5.41. The molecular formula is C21H29N5O2S2. The van der Waals surface area contributed by atoms with E-state index in [2.05, 4.69) is 56.7 Å². The lowest BCUT2D eigenvalue weighted by Gasteiger charge is -2.12. The maximum atomic E-state index is 12.2. The molecule has 9 heteroatoms. The number of hydrogen-bond donors (Lipinski definition) is 2. The molecule has 3 rings (SSSR count). The van der Waals surface area contributed by atoms with Crippen molar-refractivity contribution in [2.45, 2.75) is 30.6 Å². The van der Waals surface area contributed by atoms with Crippen LogP contribution < -0.4 is 10.6 Å². The third-order valence-electron chi connectivity index (χ3n) is 4.66. The summed E-state index contributed by atoms with van der Waals surface area (Å²) in [6, 6.07) is 14.0. The van der Waals surface area contributed by atoms with Gasteiger partial charge in [0, 0.05) is 50.3 Å². The van der Waals surface area contributed by atoms with Crippen molar-refractivity contribution >= 4 is 38.2 Å². The molecule has 0 amide bonds. The summed E-state index contributed by atoms with van der Waals surface area (Å²) in [5, 5.41) is 7.86. The van der Waals surface area contributed by atoms with Gasteiger partial charge in [0.1, 0.15) is 4.21 Å². The number of hydrogen-bond acceptors (Lipinski definition) is 4. The van der Waals surface area contributed by atoms with Crippen LogP contribution in [0.1, 0.15) is 18.2 Å². The Bertz CT molecular complexity index is 1100. The highest BCUT2D eigenvalue weighted by molar-refractivity contribution is 7.91. The van der Waals surface area contributed by atoms with Crippen LogP contribution in [0, 0.1) is 0 Å². The highest BCUT2D eigenvalue weighted by Gasteiger charge is 2.19. The molecule has 0 saturated carbocycles. The summed E-state index contributed by atoms with van der Waals surface area (Å²) in [5.41, 5.74) is 1.25. The Morgan fingerprint density at radius 3 is 2.70 bits per heavy atom. The molecule has 0 bridgehead atoms. The van der Waals surface area contributed by atoms with Crippen molar-refractivity contribution in [3.05, 3.63) is 53.5 Å². The van der Waals surface area contributed by atoms with Gasteiger partial charge < -0.3 is 15.2 Å². The minimum Gasteiger partial charge on any atom is -0.357 e. The number of para-hydroxylation sites is 1. The van der Waals surface area contributed by atoms with Gasteiger partial charge >= 0.3 is 0 Å². The average Bonchev–Trinajstić information content (AvgIpc) is 3.37. The van der Waals surface area contributed by atoms with Crippen LogP contribution in [0.25, 0.3) is 10.9 Å². The zero-order chi connectivity index (χ0) is 21.6. The number of rotatable bonds is 9. The second kappa shape index (κ2) is 10.1. The molecule has 30 heavy (non-hydrogen) atoms. The molecular weight excluding hydrogens is 418 g/mol. The molecule has 0 atom stereocenters. The first kappa shape index (κ1) is 22.3. The monoisotopic (exact) mass is 447 g/mol. The summed E-state index contributed by atoms with van der Waals surface area (Å²) >= 11 is 1.26. The van der Waals surface area contributed by atoms with E-state index in [1.807, 2.05) is 13.0 Å². The van der Waals surface area contributed by atoms with Crippen LogP contribution in [0.5, 0.6) is 0 Å². The van der Waals surface area contributed by atoms with Gasteiger partial charge in [-0.2, -0.15) is 0 Å². The normalized spacial score (nSPS) is 12.6. The molecule has 0 saturated heterocycles. The highest BCUT2D eigenvalue weighted by atomic mass is 32.2. The number of aliphatic imine (C=N–C) groups is 1. The van der Waals surface area contributed by atoms with Gasteiger partial charge in [-0.05, 0) is 43.0 Å². The topological polar surface area (TPSA) is 78.7 Å². The minimum absolute atomic E-state index is 0.342. The molecule has 162 valence electrons. The quantitative estimate of drug-likeness (QED) is 0.300. The molecule has 0 radical (unpaired) electrons. The number of sulfonamides is 1. The number of nitrogens with zero attached hydrogens (tertiary/aromatic N) is 3. The summed E-state index contributed by atoms with van der Waals surface area (Å²) in [6.07, 6.45) is 3.09. The standard InChI is InChI=1S/C21H29N5O2S2/c1-4-22-21(24-16-18-10-11-20(29-18)30(27,28)25(2)3)23-13-7-14-26-15-12-17-8-5-6-9-19(17)26/h5-6,8-12,15H,4,7,13-14,16H2,1-3H3,(H2,22,23,24). The number of fused-ring (bicyclic) bond motifs is 1. The van der Waals surface area contributed by atoms with Crippen molar-refractivity contribution in [2.75, 3.05) is 27.2 Å². The number of aryl methyl sites for hydroxylation is 1. The van der Waals surface area contributed by atoms with E-state index in [4.69, 9.17) is 0 Å². The fraction of sp³-hybridized carbons (Fsp3) is 0.381. The predicted octanol–water partition coefficient (Wildman–Crippen LogP) is 3.10. The van der Waals surface area contributed by atoms with Gasteiger partial charge in [0.15, 0.2) is 5.96 Å². The molecule has 2 N–H and O–H groups in total. The van der Waals surface area contributed by atoms with Gasteiger partial charge in [0.25, 0.3) is 10.0 Å². The number of nitrogens with one attached hydrogen (secondary N) is 2. The molecule has 7 nitrogen and oxygen atoms in total. The maximum Gasteiger partial charge on any atom is 0.252 e. The summed E-state index contributed by atoms with van der Waals surface area (Å²) in [6.45, 7) is 4.94. The van der Waals surface area contributed by atoms with E-state index in [9.17, 15) is 8.42 Å². The van der Waals surface area contributed by atoms with E-state index >= 15 is 0 Å². The van der Waals surface area contributed by atoms with Crippen LogP contribution in [0.3, 0.4) is 0 Å². The predicted molar refractivity (Wildman–Crippen MR) is 125 cm³/mol. The second-order valence-corrected chi connectivity index (χ2v) is 10.6. The zero-order valence-electron chi connectivity index (χ0n) is 17.6. The smallest absolute Gasteiger partial charge is 0.252 e. The number of thiophene rings is 1. The van der Waals surface area contributed by atoms with Gasteiger partial charge in [-0.3, -0.25) is 0 Å². The Morgan fingerprint density at radius 2 is 1.93 bits per heavy atom. The van der Waals surface area contributed by atoms with E-state index < -0.39 is 10.0 Å². The largest absolute Gasteiger partial charge is 0.357 e. The van der Waals surface area contributed by atoms with E-state index in [0.29, 0.717) is 10.8 Å². The molecule has 0 aliphatic carbocycles. The van der Waals surface area contributed by atoms with E-state index in [0.717, 1.165) is 36.9 Å². The van der Waals surface area contributed by atoms with Gasteiger partial charge in [0.2, 0.25) is 0 Å². The first-order valence-electron chi connectivity index (χ1n) is 9.99. The van der Waals surface area contributed by atoms with Crippen molar-refractivity contribution in [1.29, 1.82) is 0 Å². The van der Waals surface area contributed by atoms with Crippen LogP contribution in [-0.2, 0) is 23.1 Å². The molecule has 0 fully saturated rings. The fourth-order valence-corrected chi connectivity index (χ4v) is 5.50. The minimum atomic E-state index is -3.39. The van der Waals surface area contributed by atoms with Crippen molar-refractivity contribution in [3.8, 4) is 0 Å². The molecule has 0 spiro atoms. The first-order valence-corrected chi connectivity index (χ1v) is 12.2. The van der Waals surface area contributed by atoms with Crippen molar-refractivity contribution in [1.82, 2.24) is 19.5 Å². The highest BCUT2D eigenvalue weighted by Crippen LogP contribution is 2.24. The molecule has 1 aromatic carbocycles. The molecule has 2 aromatic heterocycles. The first-order chi connectivity index (χ1) is 14.4. The van der Waals surface area contributed by atoms with Crippen LogP contribution in [-0.4, -0.2) is 50.4 Å². The zero-order valence-corrected chi connectivity index (χ0v) is 19.3. The van der Waals surface area contributed by atoms with Crippen LogP contribution in [0.2, 0.25) is 0 Å². The van der Waals surface area contributed by atoms with Gasteiger partial charge in [-0.25, -0.2) is 17.7 Å². The van der Waals surface area contributed by atoms with Gasteiger partial charge in [-0.15, -0.1) is 11.3 Å². The number of aromatic nitrogens is 1. The fourth-order valence-electron chi connectivity index (χ4n) is 3.05. The SMILES string of the molecule is CCNC(=NCc1ccc(S(=O)(=O)N(C)C)s1)NCCCn1ccc2ccccc21. The van der Waals surface area contributed by atoms with Crippen LogP contribution >= 0.6 is 11.3 Å². The van der Waals surface area contributed by atoms with Crippen molar-refractivity contribution < 1.29 is 8.42 Å². The number of benzene rings is 1. The van der Waals surface area contributed by atoms with E-state index in [1.165, 1.54) is 40.6 Å². The van der Waals surface area contributed by atoms with Crippen LogP contribution in [0.4, 0.5) is 0 Å². The lowest BCUT2D eigenvalue weighted by atomic mass is 10.2. The molecule has 0 unspecified atom stereocenters. The Labute approximate surface area is 182 Å². The Balaban J connectivity index is 1.54. The summed E-state index contributed by atoms with van der Waals surface area (Å²) in [5.74, 6) is 0.736. The van der Waals surface area contributed by atoms with Crippen molar-refractivity contribution in [3.63, 3.8) is 0 Å². The number of guanidine groups is 1. The third-order valence-corrected chi connectivity index (χ3v) is 8.01. The maximum absolute atomic E-state index is 12.2. The lowest BCUT2D eigenvalue weighted by Crippen LogP contribution is -2.38. The summed E-state index contributed by atoms with van der Waals surface area (Å²) in [4.78, 5) is 5.51. The second-order valence-electron chi connectivity index (χ2n) is 7.05. The molecule has 0 aliphatic heterocycles. The van der Waals surface area contributed by atoms with Crippen molar-refractivity contribution in [2.24, 2.45) is 4.99 Å². The van der Waals surface area contributed by atoms with E-state index in [1.54, 1.807) is 6.07 Å². The van der Waals surface area contributed by atoms with Gasteiger partial charge in [-0.1, -0.05) is 18.2 Å². The van der Waals surface area contributed by atoms with Gasteiger partial charge in [0.05, 0.1) is 6.54 Å². The Hall–Kier alpha value is -2.36.